The molecule has 5 heteroatoms. The number of nitriles is 1. The van der Waals surface area contributed by atoms with Gasteiger partial charge in [-0.2, -0.15) is 10.4 Å². The number of nitrogens with two attached hydrogens (primary N) is 1. The maximum absolute atomic E-state index is 9.34. The number of benzene rings is 1. The summed E-state index contributed by atoms with van der Waals surface area (Å²) in [6.07, 6.45) is 2.13. The van der Waals surface area contributed by atoms with Gasteiger partial charge in [-0.15, -0.1) is 0 Å². The number of rotatable bonds is 3. The molecule has 0 amide bonds. The van der Waals surface area contributed by atoms with Gasteiger partial charge in [-0.25, -0.2) is 0 Å². The molecule has 2 aromatic heterocycles. The maximum atomic E-state index is 9.34. The molecule has 0 spiro atoms. The van der Waals surface area contributed by atoms with Crippen molar-refractivity contribution in [2.45, 2.75) is 6.42 Å². The Balaban J connectivity index is 1.97. The second-order valence-corrected chi connectivity index (χ2v) is 4.44. The zero-order valence-electron chi connectivity index (χ0n) is 10.6. The van der Waals surface area contributed by atoms with Crippen LogP contribution in [0.15, 0.2) is 47.1 Å². The van der Waals surface area contributed by atoms with Gasteiger partial charge in [-0.3, -0.25) is 5.10 Å². The second kappa shape index (κ2) is 4.94. The molecule has 0 aliphatic rings. The number of aromatic amines is 1. The van der Waals surface area contributed by atoms with Crippen LogP contribution in [0.3, 0.4) is 0 Å². The molecule has 0 saturated heterocycles. The van der Waals surface area contributed by atoms with Crippen molar-refractivity contribution < 1.29 is 4.42 Å². The van der Waals surface area contributed by atoms with Gasteiger partial charge in [0.2, 0.25) is 0 Å². The monoisotopic (exact) mass is 264 g/mol. The van der Waals surface area contributed by atoms with Gasteiger partial charge in [0.05, 0.1) is 12.0 Å². The molecule has 3 rings (SSSR count). The van der Waals surface area contributed by atoms with Gasteiger partial charge in [0.25, 0.3) is 0 Å². The highest BCUT2D eigenvalue weighted by atomic mass is 16.3. The van der Waals surface area contributed by atoms with E-state index in [1.165, 1.54) is 0 Å². The van der Waals surface area contributed by atoms with Crippen LogP contribution in [0.25, 0.3) is 11.5 Å². The van der Waals surface area contributed by atoms with Crippen LogP contribution in [0, 0.1) is 11.3 Å². The average molecular weight is 264 g/mol. The number of nitrogens with zero attached hydrogens (tertiary/aromatic N) is 2. The molecular weight excluding hydrogens is 252 g/mol. The summed E-state index contributed by atoms with van der Waals surface area (Å²) >= 11 is 0. The van der Waals surface area contributed by atoms with Gasteiger partial charge in [-0.1, -0.05) is 12.1 Å². The Morgan fingerprint density at radius 3 is 2.90 bits per heavy atom. The highest BCUT2D eigenvalue weighted by Crippen LogP contribution is 2.25. The summed E-state index contributed by atoms with van der Waals surface area (Å²) in [5, 5.41) is 16.4. The summed E-state index contributed by atoms with van der Waals surface area (Å²) < 4.78 is 5.29. The van der Waals surface area contributed by atoms with Crippen LogP contribution in [-0.4, -0.2) is 10.2 Å². The molecule has 3 N–H and O–H groups in total. The number of nitrogens with one attached hydrogen (secondary N) is 1. The van der Waals surface area contributed by atoms with E-state index in [-0.39, 0.29) is 0 Å². The number of H-pyrrole nitrogens is 1. The fourth-order valence-corrected chi connectivity index (χ4v) is 2.13. The van der Waals surface area contributed by atoms with Crippen molar-refractivity contribution in [3.63, 3.8) is 0 Å². The average Bonchev–Trinajstić information content (AvgIpc) is 3.07. The summed E-state index contributed by atoms with van der Waals surface area (Å²) in [4.78, 5) is 0. The molecule has 0 saturated carbocycles. The topological polar surface area (TPSA) is 91.6 Å². The first-order valence-electron chi connectivity index (χ1n) is 6.13. The molecule has 20 heavy (non-hydrogen) atoms. The smallest absolute Gasteiger partial charge is 0.155 e. The van der Waals surface area contributed by atoms with Crippen LogP contribution in [0.5, 0.6) is 0 Å². The van der Waals surface area contributed by atoms with Crippen molar-refractivity contribution in [2.75, 3.05) is 5.73 Å². The summed E-state index contributed by atoms with van der Waals surface area (Å²) in [6, 6.07) is 13.3. The first-order valence-corrected chi connectivity index (χ1v) is 6.13. The molecule has 3 aromatic rings. The Morgan fingerprint density at radius 1 is 1.30 bits per heavy atom. The Hall–Kier alpha value is -3.00. The largest absolute Gasteiger partial charge is 0.463 e. The van der Waals surface area contributed by atoms with Crippen LogP contribution in [-0.2, 0) is 6.42 Å². The molecule has 0 fully saturated rings. The van der Waals surface area contributed by atoms with Gasteiger partial charge in [0.15, 0.2) is 5.76 Å². The molecule has 0 atom stereocenters. The molecule has 2 heterocycles. The minimum atomic E-state index is 0.502. The van der Waals surface area contributed by atoms with Crippen LogP contribution in [0.4, 0.5) is 5.69 Å². The standard InChI is InChI=1S/C15H12N4O/c16-9-12-13(8-10-3-1-4-11(17)7-10)18-19-15(12)14-5-2-6-20-14/h1-7H,8,17H2,(H,18,19). The predicted molar refractivity (Wildman–Crippen MR) is 74.7 cm³/mol. The molecule has 98 valence electrons. The van der Waals surface area contributed by atoms with Gasteiger partial charge in [0.1, 0.15) is 17.3 Å². The Bertz CT molecular complexity index is 766. The van der Waals surface area contributed by atoms with Crippen LogP contribution in [0.2, 0.25) is 0 Å². The molecule has 0 radical (unpaired) electrons. The zero-order valence-corrected chi connectivity index (χ0v) is 10.6. The van der Waals surface area contributed by atoms with E-state index in [2.05, 4.69) is 16.3 Å². The van der Waals surface area contributed by atoms with E-state index in [1.54, 1.807) is 18.4 Å². The van der Waals surface area contributed by atoms with Crippen molar-refractivity contribution in [2.24, 2.45) is 0 Å². The van der Waals surface area contributed by atoms with E-state index in [4.69, 9.17) is 10.2 Å². The van der Waals surface area contributed by atoms with Crippen LogP contribution in [0.1, 0.15) is 16.8 Å². The van der Waals surface area contributed by atoms with Crippen molar-refractivity contribution in [1.82, 2.24) is 10.2 Å². The Labute approximate surface area is 115 Å². The molecule has 0 aliphatic carbocycles. The maximum Gasteiger partial charge on any atom is 0.155 e. The normalized spacial score (nSPS) is 10.3. The van der Waals surface area contributed by atoms with Crippen molar-refractivity contribution >= 4 is 5.69 Å². The van der Waals surface area contributed by atoms with Crippen molar-refractivity contribution in [3.8, 4) is 17.5 Å². The van der Waals surface area contributed by atoms with Gasteiger partial charge in [0, 0.05) is 12.1 Å². The number of nitrogen functional groups attached to an aromatic ring is 1. The SMILES string of the molecule is N#Cc1c(-c2ccco2)n[nH]c1Cc1cccc(N)c1. The first-order chi connectivity index (χ1) is 9.78. The number of hydrogen-bond acceptors (Lipinski definition) is 4. The molecule has 5 nitrogen and oxygen atoms in total. The third-order valence-electron chi connectivity index (χ3n) is 3.04. The molecule has 0 aliphatic heterocycles. The third-order valence-corrected chi connectivity index (χ3v) is 3.04. The van der Waals surface area contributed by atoms with Crippen molar-refractivity contribution in [1.29, 1.82) is 5.26 Å². The van der Waals surface area contributed by atoms with E-state index in [1.807, 2.05) is 24.3 Å². The summed E-state index contributed by atoms with van der Waals surface area (Å²) in [6.45, 7) is 0. The van der Waals surface area contributed by atoms with E-state index in [0.717, 1.165) is 11.3 Å². The lowest BCUT2D eigenvalue weighted by molar-refractivity contribution is 0.579. The van der Waals surface area contributed by atoms with Gasteiger partial charge in [-0.05, 0) is 29.8 Å². The molecule has 0 bridgehead atoms. The number of furan rings is 1. The van der Waals surface area contributed by atoms with Crippen LogP contribution < -0.4 is 5.73 Å². The number of hydrogen-bond donors (Lipinski definition) is 2. The van der Waals surface area contributed by atoms with E-state index < -0.39 is 0 Å². The summed E-state index contributed by atoms with van der Waals surface area (Å²) in [7, 11) is 0. The minimum Gasteiger partial charge on any atom is -0.463 e. The molecule has 0 unspecified atom stereocenters. The lowest BCUT2D eigenvalue weighted by Gasteiger charge is -2.01. The van der Waals surface area contributed by atoms with E-state index >= 15 is 0 Å². The molecular formula is C15H12N4O. The quantitative estimate of drug-likeness (QED) is 0.711. The Kier molecular flexibility index (Phi) is 2.98. The third kappa shape index (κ3) is 2.15. The van der Waals surface area contributed by atoms with Gasteiger partial charge >= 0.3 is 0 Å². The number of anilines is 1. The molecule has 1 aromatic carbocycles. The van der Waals surface area contributed by atoms with E-state index in [9.17, 15) is 5.26 Å². The van der Waals surface area contributed by atoms with Crippen molar-refractivity contribution in [3.05, 3.63) is 59.5 Å². The summed E-state index contributed by atoms with van der Waals surface area (Å²) in [5.41, 5.74) is 9.28. The fourth-order valence-electron chi connectivity index (χ4n) is 2.13. The summed E-state index contributed by atoms with van der Waals surface area (Å²) in [5.74, 6) is 0.580. The first kappa shape index (κ1) is 12.1. The predicted octanol–water partition coefficient (Wildman–Crippen LogP) is 2.71. The van der Waals surface area contributed by atoms with Gasteiger partial charge < -0.3 is 10.2 Å². The fraction of sp³-hybridized carbons (Fsp3) is 0.0667. The lowest BCUT2D eigenvalue weighted by Crippen LogP contribution is -1.93. The minimum absolute atomic E-state index is 0.502. The van der Waals surface area contributed by atoms with E-state index in [0.29, 0.717) is 29.1 Å². The lowest BCUT2D eigenvalue weighted by atomic mass is 10.0. The Morgan fingerprint density at radius 2 is 2.20 bits per heavy atom. The zero-order chi connectivity index (χ0) is 13.9. The number of aromatic nitrogens is 2. The second-order valence-electron chi connectivity index (χ2n) is 4.44. The highest BCUT2D eigenvalue weighted by molar-refractivity contribution is 5.63. The highest BCUT2D eigenvalue weighted by Gasteiger charge is 2.16. The van der Waals surface area contributed by atoms with Crippen LogP contribution >= 0.6 is 0 Å².